The van der Waals surface area contributed by atoms with Crippen LogP contribution in [0.4, 0.5) is 8.78 Å². The van der Waals surface area contributed by atoms with E-state index >= 15 is 0 Å². The van der Waals surface area contributed by atoms with Crippen LogP contribution in [0, 0.1) is 17.0 Å². The molecule has 1 heterocycles. The molecular formula is C18H23BF2O3. The monoisotopic (exact) mass is 336 g/mol. The highest BCUT2D eigenvalue weighted by atomic mass is 19.2. The van der Waals surface area contributed by atoms with E-state index in [-0.39, 0.29) is 23.6 Å². The largest absolute Gasteiger partial charge is 0.462 e. The minimum absolute atomic E-state index is 0.0840. The summed E-state index contributed by atoms with van der Waals surface area (Å²) in [6.07, 6.45) is 0.963. The highest BCUT2D eigenvalue weighted by Gasteiger charge is 2.28. The zero-order valence-electron chi connectivity index (χ0n) is 14.7. The van der Waals surface area contributed by atoms with Gasteiger partial charge in [0.05, 0.1) is 11.3 Å². The number of halogens is 2. The molecule has 1 unspecified atom stereocenters. The Morgan fingerprint density at radius 1 is 1.33 bits per heavy atom. The van der Waals surface area contributed by atoms with Gasteiger partial charge < -0.3 is 9.47 Å². The van der Waals surface area contributed by atoms with Crippen molar-refractivity contribution < 1.29 is 23.0 Å². The summed E-state index contributed by atoms with van der Waals surface area (Å²) in [6.45, 7) is 11.2. The van der Waals surface area contributed by atoms with E-state index in [9.17, 15) is 13.6 Å². The molecule has 0 radical (unpaired) electrons. The molecule has 0 amide bonds. The first-order valence-corrected chi connectivity index (χ1v) is 8.10. The van der Waals surface area contributed by atoms with Gasteiger partial charge in [0.15, 0.2) is 11.6 Å². The fourth-order valence-electron chi connectivity index (χ4n) is 2.69. The number of fused-ring (bicyclic) bond motifs is 1. The number of carbonyl (C=O) groups is 1. The van der Waals surface area contributed by atoms with Gasteiger partial charge in [-0.2, -0.15) is 0 Å². The first-order chi connectivity index (χ1) is 11.1. The van der Waals surface area contributed by atoms with Crippen molar-refractivity contribution in [2.24, 2.45) is 5.41 Å². The van der Waals surface area contributed by atoms with E-state index in [2.05, 4.69) is 6.58 Å². The fraction of sp³-hybridized carbons (Fsp3) is 0.500. The van der Waals surface area contributed by atoms with Crippen molar-refractivity contribution in [3.63, 3.8) is 0 Å². The van der Waals surface area contributed by atoms with Crippen LogP contribution < -0.4 is 0 Å². The summed E-state index contributed by atoms with van der Waals surface area (Å²) in [7, 11) is 0.829. The number of rotatable bonds is 4. The van der Waals surface area contributed by atoms with E-state index in [4.69, 9.17) is 9.47 Å². The van der Waals surface area contributed by atoms with Crippen LogP contribution >= 0.6 is 0 Å². The van der Waals surface area contributed by atoms with Crippen LogP contribution in [0.5, 0.6) is 0 Å². The third-order valence-corrected chi connectivity index (χ3v) is 4.35. The smallest absolute Gasteiger partial charge is 0.341 e. The average Bonchev–Trinajstić information content (AvgIpc) is 2.49. The molecule has 1 aliphatic heterocycles. The van der Waals surface area contributed by atoms with Gasteiger partial charge in [-0.05, 0) is 23.6 Å². The Labute approximate surface area is 142 Å². The van der Waals surface area contributed by atoms with Gasteiger partial charge in [-0.15, -0.1) is 0 Å². The van der Waals surface area contributed by atoms with Crippen LogP contribution in [0.3, 0.4) is 0 Å². The van der Waals surface area contributed by atoms with Gasteiger partial charge in [0.1, 0.15) is 7.28 Å². The number of benzene rings is 1. The summed E-state index contributed by atoms with van der Waals surface area (Å²) in [4.78, 5) is 12.3. The van der Waals surface area contributed by atoms with Crippen LogP contribution in [-0.2, 0) is 22.2 Å². The van der Waals surface area contributed by atoms with Crippen molar-refractivity contribution in [2.45, 2.75) is 46.3 Å². The van der Waals surface area contributed by atoms with Crippen LogP contribution in [-0.4, -0.2) is 20.0 Å². The van der Waals surface area contributed by atoms with E-state index in [0.717, 1.165) is 13.3 Å². The lowest BCUT2D eigenvalue weighted by atomic mass is 9.54. The molecule has 2 rings (SSSR count). The standard InChI is InChI=1S/C18H23BF2O3/c1-10-6-12-14(8-19-10)13(7-15(20)16(12)21)17(22)24-9-23-11(2)18(3,4)5/h7,10,19H,2,6,8-9H2,1,3-5H3. The first kappa shape index (κ1) is 18.5. The number of hydrogen-bond acceptors (Lipinski definition) is 3. The molecule has 0 saturated heterocycles. The second-order valence-electron chi connectivity index (χ2n) is 7.39. The number of carbonyl (C=O) groups excluding carboxylic acids is 1. The van der Waals surface area contributed by atoms with Crippen LogP contribution in [0.2, 0.25) is 5.82 Å². The van der Waals surface area contributed by atoms with E-state index in [1.54, 1.807) is 0 Å². The molecule has 1 aromatic carbocycles. The Morgan fingerprint density at radius 3 is 2.62 bits per heavy atom. The molecule has 0 spiro atoms. The fourth-order valence-corrected chi connectivity index (χ4v) is 2.69. The van der Waals surface area contributed by atoms with Crippen molar-refractivity contribution >= 4 is 13.2 Å². The normalized spacial score (nSPS) is 16.8. The summed E-state index contributed by atoms with van der Waals surface area (Å²) >= 11 is 0. The number of hydrogen-bond donors (Lipinski definition) is 0. The van der Waals surface area contributed by atoms with E-state index < -0.39 is 17.6 Å². The lowest BCUT2D eigenvalue weighted by Crippen LogP contribution is -2.23. The molecule has 0 fully saturated rings. The maximum Gasteiger partial charge on any atom is 0.341 e. The number of allylic oxidation sites excluding steroid dienone is 1. The van der Waals surface area contributed by atoms with E-state index in [1.807, 2.05) is 27.7 Å². The Bertz CT molecular complexity index is 665. The Morgan fingerprint density at radius 2 is 2.00 bits per heavy atom. The summed E-state index contributed by atoms with van der Waals surface area (Å²) < 4.78 is 38.2. The molecule has 130 valence electrons. The lowest BCUT2D eigenvalue weighted by Gasteiger charge is -2.24. The molecule has 0 N–H and O–H groups in total. The molecule has 0 aromatic heterocycles. The molecule has 1 aromatic rings. The number of ether oxygens (including phenoxy) is 2. The third kappa shape index (κ3) is 3.97. The minimum Gasteiger partial charge on any atom is -0.462 e. The van der Waals surface area contributed by atoms with Crippen molar-refractivity contribution in [2.75, 3.05) is 6.79 Å². The van der Waals surface area contributed by atoms with Crippen molar-refractivity contribution in [3.05, 3.63) is 46.7 Å². The predicted octanol–water partition coefficient (Wildman–Crippen LogP) is 3.96. The SMILES string of the molecule is C=C(OCOC(=O)c1cc(F)c(F)c2c1CBC(C)C2)C(C)(C)C. The molecule has 0 bridgehead atoms. The molecule has 0 saturated carbocycles. The maximum atomic E-state index is 14.0. The van der Waals surface area contributed by atoms with Crippen molar-refractivity contribution in [1.82, 2.24) is 0 Å². The minimum atomic E-state index is -1.02. The van der Waals surface area contributed by atoms with Gasteiger partial charge in [0.2, 0.25) is 6.79 Å². The van der Waals surface area contributed by atoms with Crippen LogP contribution in [0.25, 0.3) is 0 Å². The molecule has 0 aliphatic carbocycles. The first-order valence-electron chi connectivity index (χ1n) is 8.10. The van der Waals surface area contributed by atoms with E-state index in [0.29, 0.717) is 29.6 Å². The second kappa shape index (κ2) is 6.95. The van der Waals surface area contributed by atoms with Gasteiger partial charge in [-0.3, -0.25) is 0 Å². The Kier molecular flexibility index (Phi) is 5.36. The van der Waals surface area contributed by atoms with Gasteiger partial charge >= 0.3 is 5.97 Å². The zero-order valence-corrected chi connectivity index (χ0v) is 14.7. The van der Waals surface area contributed by atoms with Gasteiger partial charge in [0, 0.05) is 5.41 Å². The lowest BCUT2D eigenvalue weighted by molar-refractivity contribution is -0.0182. The molecule has 24 heavy (non-hydrogen) atoms. The van der Waals surface area contributed by atoms with E-state index in [1.165, 1.54) is 0 Å². The highest BCUT2D eigenvalue weighted by Crippen LogP contribution is 2.31. The second-order valence-corrected chi connectivity index (χ2v) is 7.39. The van der Waals surface area contributed by atoms with Crippen LogP contribution in [0.1, 0.15) is 49.2 Å². The summed E-state index contributed by atoms with van der Waals surface area (Å²) in [5.74, 6) is -1.84. The zero-order chi connectivity index (χ0) is 18.1. The summed E-state index contributed by atoms with van der Waals surface area (Å²) in [5, 5.41) is 0. The average molecular weight is 336 g/mol. The molecule has 6 heteroatoms. The van der Waals surface area contributed by atoms with Crippen molar-refractivity contribution in [1.29, 1.82) is 0 Å². The molecule has 1 aliphatic rings. The molecular weight excluding hydrogens is 313 g/mol. The van der Waals surface area contributed by atoms with Gasteiger partial charge in [-0.25, -0.2) is 13.6 Å². The topological polar surface area (TPSA) is 35.5 Å². The highest BCUT2D eigenvalue weighted by molar-refractivity contribution is 6.37. The maximum absolute atomic E-state index is 14.0. The Hall–Kier alpha value is -1.85. The number of esters is 1. The Balaban J connectivity index is 2.14. The van der Waals surface area contributed by atoms with Gasteiger partial charge in [-0.1, -0.05) is 46.4 Å². The van der Waals surface area contributed by atoms with Crippen molar-refractivity contribution in [3.8, 4) is 0 Å². The summed E-state index contributed by atoms with van der Waals surface area (Å²) in [5.41, 5.74) is 0.650. The quantitative estimate of drug-likeness (QED) is 0.361. The predicted molar refractivity (Wildman–Crippen MR) is 90.3 cm³/mol. The van der Waals surface area contributed by atoms with Crippen LogP contribution in [0.15, 0.2) is 18.4 Å². The molecule has 1 atom stereocenters. The summed E-state index contributed by atoms with van der Waals surface area (Å²) in [6, 6.07) is 0.922. The molecule has 3 nitrogen and oxygen atoms in total. The van der Waals surface area contributed by atoms with Gasteiger partial charge in [0.25, 0.3) is 0 Å². The third-order valence-electron chi connectivity index (χ3n) is 4.35.